The van der Waals surface area contributed by atoms with E-state index < -0.39 is 0 Å². The fourth-order valence-electron chi connectivity index (χ4n) is 1.42. The molecule has 0 aromatic carbocycles. The second-order valence-electron chi connectivity index (χ2n) is 3.71. The zero-order valence-electron chi connectivity index (χ0n) is 8.97. The minimum atomic E-state index is 0. The molecule has 0 bridgehead atoms. The van der Waals surface area contributed by atoms with Crippen LogP contribution in [0.3, 0.4) is 0 Å². The molecule has 0 fully saturated rings. The maximum absolute atomic E-state index is 4.32. The predicted octanol–water partition coefficient (Wildman–Crippen LogP) is 2.25. The summed E-state index contributed by atoms with van der Waals surface area (Å²) in [7, 11) is 0. The summed E-state index contributed by atoms with van der Waals surface area (Å²) >= 11 is 0. The molecule has 1 N–H and O–H groups in total. The van der Waals surface area contributed by atoms with Crippen molar-refractivity contribution in [2.75, 3.05) is 0 Å². The van der Waals surface area contributed by atoms with Crippen LogP contribution in [0.5, 0.6) is 0 Å². The van der Waals surface area contributed by atoms with Gasteiger partial charge in [0.05, 0.1) is 11.9 Å². The van der Waals surface area contributed by atoms with Crippen LogP contribution in [0.25, 0.3) is 5.65 Å². The Morgan fingerprint density at radius 3 is 2.93 bits per heavy atom. The van der Waals surface area contributed by atoms with Gasteiger partial charge in [0.15, 0.2) is 0 Å². The fourth-order valence-corrected chi connectivity index (χ4v) is 1.42. The normalized spacial score (nSPS) is 10.6. The van der Waals surface area contributed by atoms with E-state index in [1.54, 1.807) is 0 Å². The Morgan fingerprint density at radius 1 is 1.40 bits per heavy atom. The van der Waals surface area contributed by atoms with Gasteiger partial charge >= 0.3 is 0 Å². The zero-order valence-corrected chi connectivity index (χ0v) is 9.79. The number of nitrogens with zero attached hydrogens (tertiary/aromatic N) is 2. The highest BCUT2D eigenvalue weighted by atomic mass is 35.5. The SMILES string of the molecule is CC(C)NCc1cnc2ccccn12.Cl. The molecule has 3 nitrogen and oxygen atoms in total. The highest BCUT2D eigenvalue weighted by Crippen LogP contribution is 2.05. The van der Waals surface area contributed by atoms with Crippen LogP contribution in [0.2, 0.25) is 0 Å². The Morgan fingerprint density at radius 2 is 2.20 bits per heavy atom. The van der Waals surface area contributed by atoms with Gasteiger partial charge in [-0.05, 0) is 12.1 Å². The molecule has 0 aliphatic heterocycles. The van der Waals surface area contributed by atoms with Crippen LogP contribution in [0.4, 0.5) is 0 Å². The Labute approximate surface area is 95.9 Å². The molecule has 0 saturated heterocycles. The first kappa shape index (κ1) is 12.0. The average molecular weight is 226 g/mol. The van der Waals surface area contributed by atoms with Crippen LogP contribution < -0.4 is 5.32 Å². The van der Waals surface area contributed by atoms with E-state index in [9.17, 15) is 0 Å². The van der Waals surface area contributed by atoms with E-state index in [4.69, 9.17) is 0 Å². The van der Waals surface area contributed by atoms with Crippen molar-refractivity contribution in [1.82, 2.24) is 14.7 Å². The van der Waals surface area contributed by atoms with Crippen molar-refractivity contribution in [1.29, 1.82) is 0 Å². The van der Waals surface area contributed by atoms with Crippen molar-refractivity contribution < 1.29 is 0 Å². The van der Waals surface area contributed by atoms with E-state index in [-0.39, 0.29) is 12.4 Å². The third kappa shape index (κ3) is 2.70. The van der Waals surface area contributed by atoms with Gasteiger partial charge in [-0.1, -0.05) is 19.9 Å². The Bertz CT molecular complexity index is 422. The fraction of sp³-hybridized carbons (Fsp3) is 0.364. The topological polar surface area (TPSA) is 29.3 Å². The van der Waals surface area contributed by atoms with Crippen LogP contribution in [-0.4, -0.2) is 15.4 Å². The summed E-state index contributed by atoms with van der Waals surface area (Å²) < 4.78 is 2.11. The lowest BCUT2D eigenvalue weighted by atomic mass is 10.3. The second kappa shape index (κ2) is 5.14. The summed E-state index contributed by atoms with van der Waals surface area (Å²) in [6, 6.07) is 6.54. The van der Waals surface area contributed by atoms with Crippen molar-refractivity contribution >= 4 is 18.1 Å². The molecule has 4 heteroatoms. The van der Waals surface area contributed by atoms with Crippen LogP contribution in [-0.2, 0) is 6.54 Å². The lowest BCUT2D eigenvalue weighted by Crippen LogP contribution is -2.22. The van der Waals surface area contributed by atoms with E-state index in [0.717, 1.165) is 12.2 Å². The molecule has 0 aliphatic rings. The maximum Gasteiger partial charge on any atom is 0.136 e. The van der Waals surface area contributed by atoms with Gasteiger partial charge in [0, 0.05) is 18.8 Å². The molecule has 0 radical (unpaired) electrons. The molecule has 0 atom stereocenters. The Hall–Kier alpha value is -1.06. The van der Waals surface area contributed by atoms with Gasteiger partial charge < -0.3 is 9.72 Å². The molecule has 0 aliphatic carbocycles. The van der Waals surface area contributed by atoms with E-state index >= 15 is 0 Å². The van der Waals surface area contributed by atoms with Crippen molar-refractivity contribution in [2.24, 2.45) is 0 Å². The highest BCUT2D eigenvalue weighted by Gasteiger charge is 2.01. The maximum atomic E-state index is 4.32. The predicted molar refractivity (Wildman–Crippen MR) is 64.4 cm³/mol. The van der Waals surface area contributed by atoms with E-state index in [0.29, 0.717) is 6.04 Å². The summed E-state index contributed by atoms with van der Waals surface area (Å²) in [5.41, 5.74) is 2.21. The molecule has 2 rings (SSSR count). The number of aromatic nitrogens is 2. The van der Waals surface area contributed by atoms with Gasteiger partial charge in [-0.3, -0.25) is 0 Å². The van der Waals surface area contributed by atoms with Gasteiger partial charge in [-0.2, -0.15) is 0 Å². The van der Waals surface area contributed by atoms with E-state index in [2.05, 4.69) is 28.5 Å². The lowest BCUT2D eigenvalue weighted by molar-refractivity contribution is 0.579. The summed E-state index contributed by atoms with van der Waals surface area (Å²) in [5.74, 6) is 0. The first-order chi connectivity index (χ1) is 6.77. The number of imidazole rings is 1. The lowest BCUT2D eigenvalue weighted by Gasteiger charge is -2.07. The summed E-state index contributed by atoms with van der Waals surface area (Å²) in [6.07, 6.45) is 3.96. The number of rotatable bonds is 3. The minimum Gasteiger partial charge on any atom is -0.309 e. The van der Waals surface area contributed by atoms with Crippen molar-refractivity contribution in [3.05, 3.63) is 36.3 Å². The molecule has 2 aromatic heterocycles. The molecule has 0 amide bonds. The molecule has 0 saturated carbocycles. The number of halogens is 1. The third-order valence-electron chi connectivity index (χ3n) is 2.19. The molecular formula is C11H16ClN3. The van der Waals surface area contributed by atoms with Crippen molar-refractivity contribution in [2.45, 2.75) is 26.4 Å². The Kier molecular flexibility index (Phi) is 4.12. The smallest absolute Gasteiger partial charge is 0.136 e. The highest BCUT2D eigenvalue weighted by molar-refractivity contribution is 5.85. The van der Waals surface area contributed by atoms with Gasteiger partial charge in [-0.25, -0.2) is 4.98 Å². The monoisotopic (exact) mass is 225 g/mol. The Balaban J connectivity index is 0.00000112. The van der Waals surface area contributed by atoms with Gasteiger partial charge in [0.25, 0.3) is 0 Å². The largest absolute Gasteiger partial charge is 0.309 e. The number of pyridine rings is 1. The number of hydrogen-bond donors (Lipinski definition) is 1. The first-order valence-corrected chi connectivity index (χ1v) is 4.92. The number of hydrogen-bond acceptors (Lipinski definition) is 2. The number of nitrogens with one attached hydrogen (secondary N) is 1. The summed E-state index contributed by atoms with van der Waals surface area (Å²) in [4.78, 5) is 4.32. The molecule has 2 heterocycles. The second-order valence-corrected chi connectivity index (χ2v) is 3.71. The average Bonchev–Trinajstić information content (AvgIpc) is 2.58. The third-order valence-corrected chi connectivity index (χ3v) is 2.19. The minimum absolute atomic E-state index is 0. The van der Waals surface area contributed by atoms with Crippen LogP contribution in [0.1, 0.15) is 19.5 Å². The molecule has 82 valence electrons. The zero-order chi connectivity index (χ0) is 9.97. The number of fused-ring (bicyclic) bond motifs is 1. The van der Waals surface area contributed by atoms with Gasteiger partial charge in [0.1, 0.15) is 5.65 Å². The first-order valence-electron chi connectivity index (χ1n) is 4.92. The molecule has 15 heavy (non-hydrogen) atoms. The van der Waals surface area contributed by atoms with Gasteiger partial charge in [-0.15, -0.1) is 12.4 Å². The molecule has 0 spiro atoms. The quantitative estimate of drug-likeness (QED) is 0.869. The van der Waals surface area contributed by atoms with Crippen molar-refractivity contribution in [3.63, 3.8) is 0 Å². The van der Waals surface area contributed by atoms with Crippen molar-refractivity contribution in [3.8, 4) is 0 Å². The van der Waals surface area contributed by atoms with Gasteiger partial charge in [0.2, 0.25) is 0 Å². The van der Waals surface area contributed by atoms with Crippen LogP contribution in [0.15, 0.2) is 30.6 Å². The van der Waals surface area contributed by atoms with E-state index in [1.807, 2.05) is 30.6 Å². The molecular weight excluding hydrogens is 210 g/mol. The van der Waals surface area contributed by atoms with Crippen LogP contribution >= 0.6 is 12.4 Å². The molecule has 2 aromatic rings. The van der Waals surface area contributed by atoms with Crippen LogP contribution in [0, 0.1) is 0 Å². The summed E-state index contributed by atoms with van der Waals surface area (Å²) in [6.45, 7) is 5.15. The standard InChI is InChI=1S/C11H15N3.ClH/c1-9(2)12-7-10-8-13-11-5-3-4-6-14(10)11;/h3-6,8-9,12H,7H2,1-2H3;1H. The van der Waals surface area contributed by atoms with E-state index in [1.165, 1.54) is 5.69 Å². The molecule has 0 unspecified atom stereocenters. The summed E-state index contributed by atoms with van der Waals surface area (Å²) in [5, 5.41) is 3.38.